The molecule has 1 saturated heterocycles. The fraction of sp³-hybridized carbons (Fsp3) is 0.350. The van der Waals surface area contributed by atoms with Crippen molar-refractivity contribution in [3.8, 4) is 5.75 Å². The van der Waals surface area contributed by atoms with Crippen LogP contribution in [0.15, 0.2) is 53.4 Å². The van der Waals surface area contributed by atoms with Crippen LogP contribution in [0.1, 0.15) is 6.92 Å². The minimum atomic E-state index is -4.80. The molecule has 0 aromatic heterocycles. The van der Waals surface area contributed by atoms with Gasteiger partial charge in [0.05, 0.1) is 10.9 Å². The zero-order valence-corrected chi connectivity index (χ0v) is 17.8. The highest BCUT2D eigenvalue weighted by Gasteiger charge is 2.32. The van der Waals surface area contributed by atoms with Crippen LogP contribution in [0, 0.1) is 5.82 Å². The zero-order valence-electron chi connectivity index (χ0n) is 17.0. The number of halogens is 4. The number of rotatable bonds is 6. The van der Waals surface area contributed by atoms with Gasteiger partial charge in [-0.3, -0.25) is 9.69 Å². The van der Waals surface area contributed by atoms with E-state index in [1.165, 1.54) is 28.6 Å². The minimum Gasteiger partial charge on any atom is -0.406 e. The fourth-order valence-corrected chi connectivity index (χ4v) is 4.71. The number of nitrogens with zero attached hydrogens (tertiary/aromatic N) is 2. The standard InChI is InChI=1S/C20H21F4N3O4S/c1-14(19(28)25-16-5-7-17(8-6-16)31-20(22,23)24)26-9-11-27(12-10-26)32(29,30)18-4-2-3-15(21)13-18/h2-8,13-14H,9-12H2,1H3,(H,25,28). The van der Waals surface area contributed by atoms with Crippen LogP contribution in [0.2, 0.25) is 0 Å². The molecule has 174 valence electrons. The number of alkyl halides is 3. The van der Waals surface area contributed by atoms with Crippen LogP contribution in [0.25, 0.3) is 0 Å². The van der Waals surface area contributed by atoms with Gasteiger partial charge >= 0.3 is 6.36 Å². The van der Waals surface area contributed by atoms with Gasteiger partial charge in [0.25, 0.3) is 0 Å². The van der Waals surface area contributed by atoms with Crippen molar-refractivity contribution in [1.29, 1.82) is 0 Å². The van der Waals surface area contributed by atoms with E-state index >= 15 is 0 Å². The second-order valence-electron chi connectivity index (χ2n) is 7.13. The van der Waals surface area contributed by atoms with E-state index in [9.17, 15) is 30.8 Å². The third-order valence-corrected chi connectivity index (χ3v) is 6.88. The van der Waals surface area contributed by atoms with E-state index in [2.05, 4.69) is 10.1 Å². The quantitative estimate of drug-likeness (QED) is 0.650. The number of carbonyl (C=O) groups is 1. The predicted octanol–water partition coefficient (Wildman–Crippen LogP) is 3.06. The van der Waals surface area contributed by atoms with Crippen molar-refractivity contribution in [2.75, 3.05) is 31.5 Å². The monoisotopic (exact) mass is 475 g/mol. The number of anilines is 1. The van der Waals surface area contributed by atoms with Crippen LogP contribution >= 0.6 is 0 Å². The maximum absolute atomic E-state index is 13.4. The average molecular weight is 475 g/mol. The summed E-state index contributed by atoms with van der Waals surface area (Å²) in [7, 11) is -3.85. The van der Waals surface area contributed by atoms with E-state index in [1.807, 2.05) is 0 Å². The molecule has 1 aliphatic rings. The number of carbonyl (C=O) groups excluding carboxylic acids is 1. The van der Waals surface area contributed by atoms with Crippen molar-refractivity contribution in [1.82, 2.24) is 9.21 Å². The van der Waals surface area contributed by atoms with E-state index in [1.54, 1.807) is 11.8 Å². The van der Waals surface area contributed by atoms with Crippen molar-refractivity contribution in [3.05, 3.63) is 54.3 Å². The van der Waals surface area contributed by atoms with E-state index < -0.39 is 39.9 Å². The van der Waals surface area contributed by atoms with E-state index in [4.69, 9.17) is 0 Å². The molecule has 1 fully saturated rings. The lowest BCUT2D eigenvalue weighted by Gasteiger charge is -2.36. The van der Waals surface area contributed by atoms with Gasteiger partial charge in [-0.25, -0.2) is 12.8 Å². The summed E-state index contributed by atoms with van der Waals surface area (Å²) in [6.45, 7) is 2.45. The highest BCUT2D eigenvalue weighted by molar-refractivity contribution is 7.89. The average Bonchev–Trinajstić information content (AvgIpc) is 2.73. The normalized spacial score (nSPS) is 17.0. The third kappa shape index (κ3) is 5.96. The van der Waals surface area contributed by atoms with Gasteiger partial charge in [0.2, 0.25) is 15.9 Å². The number of sulfonamides is 1. The molecule has 3 rings (SSSR count). The van der Waals surface area contributed by atoms with E-state index in [0.717, 1.165) is 24.3 Å². The van der Waals surface area contributed by atoms with Gasteiger partial charge < -0.3 is 10.1 Å². The molecule has 0 bridgehead atoms. The Kier molecular flexibility index (Phi) is 7.06. The highest BCUT2D eigenvalue weighted by atomic mass is 32.2. The Morgan fingerprint density at radius 1 is 1.06 bits per heavy atom. The van der Waals surface area contributed by atoms with Crippen LogP contribution in [-0.4, -0.2) is 62.1 Å². The number of amides is 1. The van der Waals surface area contributed by atoms with Crippen molar-refractivity contribution in [2.45, 2.75) is 24.2 Å². The Bertz CT molecular complexity index is 1050. The number of benzene rings is 2. The van der Waals surface area contributed by atoms with Crippen molar-refractivity contribution < 1.29 is 35.5 Å². The summed E-state index contributed by atoms with van der Waals surface area (Å²) in [6.07, 6.45) is -4.80. The highest BCUT2D eigenvalue weighted by Crippen LogP contribution is 2.24. The Labute approximate surface area is 182 Å². The molecule has 1 heterocycles. The molecular weight excluding hydrogens is 454 g/mol. The summed E-state index contributed by atoms with van der Waals surface area (Å²) in [5, 5.41) is 2.61. The molecule has 1 N–H and O–H groups in total. The van der Waals surface area contributed by atoms with Gasteiger partial charge in [-0.2, -0.15) is 4.31 Å². The molecule has 2 aromatic rings. The molecule has 0 spiro atoms. The molecule has 1 unspecified atom stereocenters. The summed E-state index contributed by atoms with van der Waals surface area (Å²) in [4.78, 5) is 14.2. The number of hydrogen-bond acceptors (Lipinski definition) is 5. The van der Waals surface area contributed by atoms with Gasteiger partial charge in [0.1, 0.15) is 11.6 Å². The van der Waals surface area contributed by atoms with Crippen LogP contribution in [0.5, 0.6) is 5.75 Å². The minimum absolute atomic E-state index is 0.125. The van der Waals surface area contributed by atoms with Crippen molar-refractivity contribution >= 4 is 21.6 Å². The number of hydrogen-bond donors (Lipinski definition) is 1. The van der Waals surface area contributed by atoms with Gasteiger partial charge in [-0.05, 0) is 49.4 Å². The lowest BCUT2D eigenvalue weighted by atomic mass is 10.2. The molecule has 0 saturated carbocycles. The predicted molar refractivity (Wildman–Crippen MR) is 108 cm³/mol. The smallest absolute Gasteiger partial charge is 0.406 e. The summed E-state index contributed by atoms with van der Waals surface area (Å²) in [5.41, 5.74) is 0.295. The van der Waals surface area contributed by atoms with Gasteiger partial charge in [0.15, 0.2) is 0 Å². The Morgan fingerprint density at radius 3 is 2.25 bits per heavy atom. The second kappa shape index (κ2) is 9.43. The number of nitrogens with one attached hydrogen (secondary N) is 1. The first-order valence-corrected chi connectivity index (χ1v) is 11.1. The van der Waals surface area contributed by atoms with Gasteiger partial charge in [0, 0.05) is 31.9 Å². The maximum Gasteiger partial charge on any atom is 0.573 e. The molecule has 0 radical (unpaired) electrons. The largest absolute Gasteiger partial charge is 0.573 e. The molecule has 1 aliphatic heterocycles. The van der Waals surface area contributed by atoms with Gasteiger partial charge in [-0.15, -0.1) is 13.2 Å². The number of piperazine rings is 1. The Hall–Kier alpha value is -2.70. The van der Waals surface area contributed by atoms with Gasteiger partial charge in [-0.1, -0.05) is 6.07 Å². The van der Waals surface area contributed by atoms with Crippen molar-refractivity contribution in [2.24, 2.45) is 0 Å². The first kappa shape index (κ1) is 24.0. The first-order chi connectivity index (χ1) is 15.0. The molecule has 2 aromatic carbocycles. The molecular formula is C20H21F4N3O4S. The Morgan fingerprint density at radius 2 is 1.69 bits per heavy atom. The molecule has 1 atom stereocenters. The Balaban J connectivity index is 1.55. The first-order valence-electron chi connectivity index (χ1n) is 9.62. The SMILES string of the molecule is CC(C(=O)Nc1ccc(OC(F)(F)F)cc1)N1CCN(S(=O)(=O)c2cccc(F)c2)CC1. The lowest BCUT2D eigenvalue weighted by Crippen LogP contribution is -2.53. The summed E-state index contributed by atoms with van der Waals surface area (Å²) in [5.74, 6) is -1.44. The molecule has 0 aliphatic carbocycles. The lowest BCUT2D eigenvalue weighted by molar-refractivity contribution is -0.274. The van der Waals surface area contributed by atoms with Crippen LogP contribution in [0.3, 0.4) is 0 Å². The topological polar surface area (TPSA) is 79.0 Å². The van der Waals surface area contributed by atoms with Crippen molar-refractivity contribution in [3.63, 3.8) is 0 Å². The molecule has 12 heteroatoms. The molecule has 7 nitrogen and oxygen atoms in total. The maximum atomic E-state index is 13.4. The molecule has 32 heavy (non-hydrogen) atoms. The summed E-state index contributed by atoms with van der Waals surface area (Å²) in [6, 6.07) is 8.91. The van der Waals surface area contributed by atoms with Crippen LogP contribution in [0.4, 0.5) is 23.2 Å². The molecule has 1 amide bonds. The third-order valence-electron chi connectivity index (χ3n) is 4.99. The zero-order chi connectivity index (χ0) is 23.5. The summed E-state index contributed by atoms with van der Waals surface area (Å²) >= 11 is 0. The van der Waals surface area contributed by atoms with E-state index in [0.29, 0.717) is 5.69 Å². The fourth-order valence-electron chi connectivity index (χ4n) is 3.26. The summed E-state index contributed by atoms with van der Waals surface area (Å²) < 4.78 is 80.5. The van der Waals surface area contributed by atoms with Crippen LogP contribution in [-0.2, 0) is 14.8 Å². The van der Waals surface area contributed by atoms with E-state index in [-0.39, 0.29) is 31.1 Å². The second-order valence-corrected chi connectivity index (χ2v) is 9.07. The number of ether oxygens (including phenoxy) is 1. The van der Waals surface area contributed by atoms with Crippen LogP contribution < -0.4 is 10.1 Å².